The molecule has 2 fully saturated rings. The van der Waals surface area contributed by atoms with Crippen molar-refractivity contribution in [2.24, 2.45) is 5.92 Å². The van der Waals surface area contributed by atoms with Crippen LogP contribution in [-0.2, 0) is 14.8 Å². The first kappa shape index (κ1) is 14.5. The SMILES string of the molecule is O=S(=O)(NC1CCOC1C1CC1)c1cnc(Cl)c(Cl)c1. The van der Waals surface area contributed by atoms with Gasteiger partial charge in [-0.2, -0.15) is 0 Å². The first-order valence-electron chi connectivity index (χ1n) is 6.42. The highest BCUT2D eigenvalue weighted by atomic mass is 35.5. The van der Waals surface area contributed by atoms with Gasteiger partial charge in [-0.05, 0) is 31.2 Å². The Hall–Kier alpha value is -0.400. The van der Waals surface area contributed by atoms with Crippen LogP contribution in [0.5, 0.6) is 0 Å². The van der Waals surface area contributed by atoms with Gasteiger partial charge < -0.3 is 4.74 Å². The lowest BCUT2D eigenvalue weighted by atomic mass is 10.1. The van der Waals surface area contributed by atoms with E-state index in [-0.39, 0.29) is 27.2 Å². The van der Waals surface area contributed by atoms with Gasteiger partial charge in [0.25, 0.3) is 0 Å². The van der Waals surface area contributed by atoms with Gasteiger partial charge in [0, 0.05) is 12.8 Å². The number of nitrogens with zero attached hydrogens (tertiary/aromatic N) is 1. The van der Waals surface area contributed by atoms with Crippen LogP contribution in [0.4, 0.5) is 0 Å². The first-order valence-corrected chi connectivity index (χ1v) is 8.66. The lowest BCUT2D eigenvalue weighted by Gasteiger charge is -2.19. The molecule has 0 spiro atoms. The van der Waals surface area contributed by atoms with Gasteiger partial charge in [-0.25, -0.2) is 18.1 Å². The Morgan fingerprint density at radius 1 is 1.30 bits per heavy atom. The average molecular weight is 337 g/mol. The summed E-state index contributed by atoms with van der Waals surface area (Å²) in [5.74, 6) is 0.483. The molecule has 0 radical (unpaired) electrons. The predicted octanol–water partition coefficient (Wildman–Crippen LogP) is 2.23. The molecular weight excluding hydrogens is 323 g/mol. The minimum atomic E-state index is -3.66. The Bertz CT molecular complexity index is 619. The van der Waals surface area contributed by atoms with E-state index < -0.39 is 10.0 Å². The molecule has 2 unspecified atom stereocenters. The molecule has 5 nitrogen and oxygen atoms in total. The molecule has 1 aromatic rings. The third-order valence-electron chi connectivity index (χ3n) is 3.61. The van der Waals surface area contributed by atoms with Gasteiger partial charge >= 0.3 is 0 Å². The van der Waals surface area contributed by atoms with Crippen LogP contribution in [0.2, 0.25) is 10.2 Å². The molecule has 1 aromatic heterocycles. The van der Waals surface area contributed by atoms with Crippen LogP contribution in [0.1, 0.15) is 19.3 Å². The summed E-state index contributed by atoms with van der Waals surface area (Å²) < 4.78 is 33.0. The number of pyridine rings is 1. The normalized spacial score (nSPS) is 26.9. The predicted molar refractivity (Wildman–Crippen MR) is 75.4 cm³/mol. The molecular formula is C12H14Cl2N2O3S. The van der Waals surface area contributed by atoms with Gasteiger partial charge in [0.05, 0.1) is 17.2 Å². The van der Waals surface area contributed by atoms with Crippen LogP contribution < -0.4 is 4.72 Å². The van der Waals surface area contributed by atoms with Crippen LogP contribution >= 0.6 is 23.2 Å². The summed E-state index contributed by atoms with van der Waals surface area (Å²) in [5, 5.41) is 0.210. The van der Waals surface area contributed by atoms with E-state index in [1.54, 1.807) is 0 Å². The van der Waals surface area contributed by atoms with Crippen molar-refractivity contribution in [1.82, 2.24) is 9.71 Å². The van der Waals surface area contributed by atoms with E-state index in [1.807, 2.05) is 0 Å². The molecule has 2 aliphatic rings. The van der Waals surface area contributed by atoms with Gasteiger partial charge in [-0.3, -0.25) is 0 Å². The quantitative estimate of drug-likeness (QED) is 0.856. The fourth-order valence-electron chi connectivity index (χ4n) is 2.44. The maximum absolute atomic E-state index is 12.3. The number of aromatic nitrogens is 1. The molecule has 3 rings (SSSR count). The molecule has 1 saturated heterocycles. The van der Waals surface area contributed by atoms with E-state index in [9.17, 15) is 8.42 Å². The summed E-state index contributed by atoms with van der Waals surface area (Å²) in [6.07, 6.45) is 4.10. The summed E-state index contributed by atoms with van der Waals surface area (Å²) in [5.41, 5.74) is 0. The van der Waals surface area contributed by atoms with Gasteiger partial charge in [0.15, 0.2) is 0 Å². The molecule has 0 aromatic carbocycles. The molecule has 0 amide bonds. The summed E-state index contributed by atoms with van der Waals surface area (Å²) in [6.45, 7) is 0.591. The van der Waals surface area contributed by atoms with Crippen molar-refractivity contribution in [2.75, 3.05) is 6.61 Å². The summed E-state index contributed by atoms with van der Waals surface area (Å²) in [4.78, 5) is 3.79. The monoisotopic (exact) mass is 336 g/mol. The minimum Gasteiger partial charge on any atom is -0.376 e. The second-order valence-electron chi connectivity index (χ2n) is 5.13. The van der Waals surface area contributed by atoms with E-state index in [1.165, 1.54) is 12.3 Å². The molecule has 1 aliphatic heterocycles. The number of nitrogens with one attached hydrogen (secondary N) is 1. The van der Waals surface area contributed by atoms with Gasteiger partial charge in [-0.15, -0.1) is 0 Å². The number of hydrogen-bond donors (Lipinski definition) is 1. The van der Waals surface area contributed by atoms with Crippen molar-refractivity contribution in [1.29, 1.82) is 0 Å². The summed E-state index contributed by atoms with van der Waals surface area (Å²) >= 11 is 11.5. The van der Waals surface area contributed by atoms with Gasteiger partial charge in [0.1, 0.15) is 10.0 Å². The Morgan fingerprint density at radius 3 is 2.70 bits per heavy atom. The Labute approximate surface area is 127 Å². The highest BCUT2D eigenvalue weighted by molar-refractivity contribution is 7.89. The fourth-order valence-corrected chi connectivity index (χ4v) is 4.03. The van der Waals surface area contributed by atoms with Crippen molar-refractivity contribution in [2.45, 2.75) is 36.3 Å². The lowest BCUT2D eigenvalue weighted by Crippen LogP contribution is -2.41. The maximum atomic E-state index is 12.3. The molecule has 2 atom stereocenters. The third-order valence-corrected chi connectivity index (χ3v) is 5.75. The van der Waals surface area contributed by atoms with Crippen LogP contribution in [-0.4, -0.2) is 32.2 Å². The molecule has 110 valence electrons. The molecule has 1 N–H and O–H groups in total. The standard InChI is InChI=1S/C12H14Cl2N2O3S/c13-9-5-8(6-15-12(9)14)20(17,18)16-10-3-4-19-11(10)7-1-2-7/h5-7,10-11,16H,1-4H2. The first-order chi connectivity index (χ1) is 9.47. The topological polar surface area (TPSA) is 68.3 Å². The Balaban J connectivity index is 1.79. The number of hydrogen-bond acceptors (Lipinski definition) is 4. The van der Waals surface area contributed by atoms with E-state index in [0.717, 1.165) is 12.8 Å². The van der Waals surface area contributed by atoms with Crippen LogP contribution in [0, 0.1) is 5.92 Å². The highest BCUT2D eigenvalue weighted by Crippen LogP contribution is 2.39. The number of sulfonamides is 1. The molecule has 8 heteroatoms. The molecule has 1 saturated carbocycles. The van der Waals surface area contributed by atoms with E-state index in [2.05, 4.69) is 9.71 Å². The largest absolute Gasteiger partial charge is 0.376 e. The number of rotatable bonds is 4. The van der Waals surface area contributed by atoms with Crippen molar-refractivity contribution in [3.63, 3.8) is 0 Å². The van der Waals surface area contributed by atoms with Crippen LogP contribution in [0.3, 0.4) is 0 Å². The third kappa shape index (κ3) is 2.94. The Kier molecular flexibility index (Phi) is 3.94. The fraction of sp³-hybridized carbons (Fsp3) is 0.583. The van der Waals surface area contributed by atoms with Crippen molar-refractivity contribution < 1.29 is 13.2 Å². The second-order valence-corrected chi connectivity index (χ2v) is 7.61. The molecule has 2 heterocycles. The molecule has 20 heavy (non-hydrogen) atoms. The summed E-state index contributed by atoms with van der Waals surface area (Å²) in [6, 6.07) is 1.13. The van der Waals surface area contributed by atoms with Crippen LogP contribution in [0.25, 0.3) is 0 Å². The van der Waals surface area contributed by atoms with Gasteiger partial charge in [-0.1, -0.05) is 23.2 Å². The van der Waals surface area contributed by atoms with E-state index in [4.69, 9.17) is 27.9 Å². The smallest absolute Gasteiger partial charge is 0.242 e. The van der Waals surface area contributed by atoms with Crippen molar-refractivity contribution in [3.8, 4) is 0 Å². The lowest BCUT2D eigenvalue weighted by molar-refractivity contribution is 0.0848. The zero-order valence-electron chi connectivity index (χ0n) is 10.6. The Morgan fingerprint density at radius 2 is 2.05 bits per heavy atom. The molecule has 1 aliphatic carbocycles. The van der Waals surface area contributed by atoms with Crippen molar-refractivity contribution >= 4 is 33.2 Å². The molecule has 0 bridgehead atoms. The number of halogens is 2. The highest BCUT2D eigenvalue weighted by Gasteiger charge is 2.42. The van der Waals surface area contributed by atoms with E-state index in [0.29, 0.717) is 18.9 Å². The van der Waals surface area contributed by atoms with E-state index >= 15 is 0 Å². The minimum absolute atomic E-state index is 0.0134. The number of ether oxygens (including phenoxy) is 1. The average Bonchev–Trinajstić information content (AvgIpc) is 3.14. The zero-order chi connectivity index (χ0) is 14.3. The zero-order valence-corrected chi connectivity index (χ0v) is 12.9. The second kappa shape index (κ2) is 5.42. The van der Waals surface area contributed by atoms with Crippen molar-refractivity contribution in [3.05, 3.63) is 22.4 Å². The summed E-state index contributed by atoms with van der Waals surface area (Å²) in [7, 11) is -3.66. The maximum Gasteiger partial charge on any atom is 0.242 e. The van der Waals surface area contributed by atoms with Gasteiger partial charge in [0.2, 0.25) is 10.0 Å². The van der Waals surface area contributed by atoms with Crippen LogP contribution in [0.15, 0.2) is 17.2 Å².